The summed E-state index contributed by atoms with van der Waals surface area (Å²) in [6, 6.07) is 15.0. The number of carbonyl (C=O) groups is 1. The van der Waals surface area contributed by atoms with Crippen LogP contribution in [-0.2, 0) is 11.3 Å². The highest BCUT2D eigenvalue weighted by molar-refractivity contribution is 6.30. The van der Waals surface area contributed by atoms with E-state index in [-0.39, 0.29) is 11.8 Å². The molecule has 0 radical (unpaired) electrons. The van der Waals surface area contributed by atoms with E-state index in [1.165, 1.54) is 19.2 Å². The highest BCUT2D eigenvalue weighted by Crippen LogP contribution is 2.25. The highest BCUT2D eigenvalue weighted by Gasteiger charge is 2.15. The maximum Gasteiger partial charge on any atom is 0.339 e. The number of halogens is 1. The zero-order valence-electron chi connectivity index (χ0n) is 14.8. The van der Waals surface area contributed by atoms with E-state index >= 15 is 0 Å². The fourth-order valence-corrected chi connectivity index (χ4v) is 3.19. The number of hydrogen-bond acceptors (Lipinski definition) is 6. The molecule has 0 N–H and O–H groups in total. The Hall–Kier alpha value is -3.38. The molecule has 0 amide bonds. The molecule has 0 spiro atoms. The SMILES string of the molecule is COc1ccc2c(COC(=O)c3cc(Cl)nc4ccccc34)cc(=O)oc2c1. The van der Waals surface area contributed by atoms with Gasteiger partial charge in [-0.2, -0.15) is 0 Å². The van der Waals surface area contributed by atoms with Crippen LogP contribution in [-0.4, -0.2) is 18.1 Å². The van der Waals surface area contributed by atoms with Gasteiger partial charge >= 0.3 is 11.6 Å². The number of hydrogen-bond donors (Lipinski definition) is 0. The topological polar surface area (TPSA) is 78.6 Å². The molecule has 0 bridgehead atoms. The first-order valence-electron chi connectivity index (χ1n) is 8.38. The van der Waals surface area contributed by atoms with Gasteiger partial charge in [-0.25, -0.2) is 14.6 Å². The molecular formula is C21H14ClNO5. The highest BCUT2D eigenvalue weighted by atomic mass is 35.5. The number of rotatable bonds is 4. The molecule has 0 fully saturated rings. The molecule has 0 saturated carbocycles. The standard InChI is InChI=1S/C21H14ClNO5/c1-26-13-6-7-14-12(8-20(24)28-18(14)9-13)11-27-21(25)16-10-19(22)23-17-5-3-2-4-15(16)17/h2-10H,11H2,1H3. The van der Waals surface area contributed by atoms with Gasteiger partial charge in [-0.05, 0) is 24.3 Å². The van der Waals surface area contributed by atoms with Gasteiger partial charge in [0.05, 0.1) is 18.2 Å². The van der Waals surface area contributed by atoms with E-state index in [1.54, 1.807) is 36.4 Å². The smallest absolute Gasteiger partial charge is 0.339 e. The minimum absolute atomic E-state index is 0.0957. The van der Waals surface area contributed by atoms with E-state index in [4.69, 9.17) is 25.5 Å². The van der Waals surface area contributed by atoms with Gasteiger partial charge < -0.3 is 13.9 Å². The first-order valence-corrected chi connectivity index (χ1v) is 8.76. The summed E-state index contributed by atoms with van der Waals surface area (Å²) in [7, 11) is 1.52. The Morgan fingerprint density at radius 3 is 2.75 bits per heavy atom. The van der Waals surface area contributed by atoms with Crippen molar-refractivity contribution in [2.45, 2.75) is 6.61 Å². The Morgan fingerprint density at radius 2 is 1.93 bits per heavy atom. The third-order valence-electron chi connectivity index (χ3n) is 4.30. The Labute approximate surface area is 164 Å². The predicted octanol–water partition coefficient (Wildman–Crippen LogP) is 4.36. The van der Waals surface area contributed by atoms with Crippen LogP contribution >= 0.6 is 11.6 Å². The van der Waals surface area contributed by atoms with Crippen molar-refractivity contribution in [1.29, 1.82) is 0 Å². The molecular weight excluding hydrogens is 382 g/mol. The number of carbonyl (C=O) groups excluding carboxylic acids is 1. The van der Waals surface area contributed by atoms with E-state index in [1.807, 2.05) is 6.07 Å². The van der Waals surface area contributed by atoms with Crippen molar-refractivity contribution in [1.82, 2.24) is 4.98 Å². The number of aromatic nitrogens is 1. The zero-order valence-corrected chi connectivity index (χ0v) is 15.5. The molecule has 2 aromatic heterocycles. The van der Waals surface area contributed by atoms with Crippen LogP contribution in [0.4, 0.5) is 0 Å². The van der Waals surface area contributed by atoms with Crippen molar-refractivity contribution in [3.8, 4) is 5.75 Å². The first-order chi connectivity index (χ1) is 13.5. The predicted molar refractivity (Wildman–Crippen MR) is 105 cm³/mol. The quantitative estimate of drug-likeness (QED) is 0.290. The number of methoxy groups -OCH3 is 1. The van der Waals surface area contributed by atoms with Crippen molar-refractivity contribution in [3.05, 3.63) is 81.3 Å². The van der Waals surface area contributed by atoms with Crippen LogP contribution in [0.15, 0.2) is 63.8 Å². The monoisotopic (exact) mass is 395 g/mol. The van der Waals surface area contributed by atoms with Gasteiger partial charge in [0.15, 0.2) is 0 Å². The number of pyridine rings is 1. The largest absolute Gasteiger partial charge is 0.497 e. The van der Waals surface area contributed by atoms with Crippen molar-refractivity contribution >= 4 is 39.4 Å². The lowest BCUT2D eigenvalue weighted by molar-refractivity contribution is 0.0476. The fraction of sp³-hybridized carbons (Fsp3) is 0.0952. The summed E-state index contributed by atoms with van der Waals surface area (Å²) in [5, 5.41) is 1.49. The van der Waals surface area contributed by atoms with Crippen LogP contribution < -0.4 is 10.4 Å². The molecule has 28 heavy (non-hydrogen) atoms. The molecule has 0 aliphatic heterocycles. The average molecular weight is 396 g/mol. The van der Waals surface area contributed by atoms with E-state index in [2.05, 4.69) is 4.98 Å². The molecule has 4 rings (SSSR count). The molecule has 2 aromatic carbocycles. The Balaban J connectivity index is 1.67. The van der Waals surface area contributed by atoms with Crippen molar-refractivity contribution in [2.75, 3.05) is 7.11 Å². The Morgan fingerprint density at radius 1 is 1.11 bits per heavy atom. The summed E-state index contributed by atoms with van der Waals surface area (Å²) in [5.41, 5.74) is 1.26. The maximum absolute atomic E-state index is 12.7. The molecule has 0 unspecified atom stereocenters. The third-order valence-corrected chi connectivity index (χ3v) is 4.49. The van der Waals surface area contributed by atoms with Gasteiger partial charge in [-0.1, -0.05) is 29.8 Å². The number of nitrogens with zero attached hydrogens (tertiary/aromatic N) is 1. The van der Waals surface area contributed by atoms with Crippen molar-refractivity contribution in [3.63, 3.8) is 0 Å². The molecule has 0 aliphatic rings. The van der Waals surface area contributed by atoms with Gasteiger partial charge in [-0.3, -0.25) is 0 Å². The van der Waals surface area contributed by atoms with Gasteiger partial charge in [0.1, 0.15) is 23.1 Å². The minimum atomic E-state index is -0.560. The normalized spacial score (nSPS) is 10.9. The molecule has 140 valence electrons. The number of ether oxygens (including phenoxy) is 2. The lowest BCUT2D eigenvalue weighted by atomic mass is 10.1. The zero-order chi connectivity index (χ0) is 19.7. The molecule has 2 heterocycles. The lowest BCUT2D eigenvalue weighted by Crippen LogP contribution is -2.09. The molecule has 0 saturated heterocycles. The Bertz CT molecular complexity index is 1260. The van der Waals surface area contributed by atoms with Crippen molar-refractivity contribution in [2.24, 2.45) is 0 Å². The summed E-state index contributed by atoms with van der Waals surface area (Å²) >= 11 is 6.03. The van der Waals surface area contributed by atoms with Gasteiger partial charge in [-0.15, -0.1) is 0 Å². The average Bonchev–Trinajstić information content (AvgIpc) is 2.70. The third kappa shape index (κ3) is 3.42. The van der Waals surface area contributed by atoms with Crippen LogP contribution in [0, 0.1) is 0 Å². The number of esters is 1. The van der Waals surface area contributed by atoms with E-state index in [0.29, 0.717) is 38.7 Å². The summed E-state index contributed by atoms with van der Waals surface area (Å²) in [5.74, 6) is -0.00176. The van der Waals surface area contributed by atoms with Gasteiger partial charge in [0, 0.05) is 28.5 Å². The van der Waals surface area contributed by atoms with E-state index < -0.39 is 11.6 Å². The lowest BCUT2D eigenvalue weighted by Gasteiger charge is -2.10. The van der Waals surface area contributed by atoms with Crippen LogP contribution in [0.5, 0.6) is 5.75 Å². The van der Waals surface area contributed by atoms with Gasteiger partial charge in [0.25, 0.3) is 0 Å². The second kappa shape index (κ2) is 7.32. The second-order valence-electron chi connectivity index (χ2n) is 6.04. The number of benzene rings is 2. The van der Waals surface area contributed by atoms with Gasteiger partial charge in [0.2, 0.25) is 0 Å². The maximum atomic E-state index is 12.7. The summed E-state index contributed by atoms with van der Waals surface area (Å²) in [6.45, 7) is -0.0957. The Kier molecular flexibility index (Phi) is 4.71. The van der Waals surface area contributed by atoms with E-state index in [9.17, 15) is 9.59 Å². The van der Waals surface area contributed by atoms with Crippen LogP contribution in [0.2, 0.25) is 5.15 Å². The number of para-hydroxylation sites is 1. The molecule has 7 heteroatoms. The molecule has 6 nitrogen and oxygen atoms in total. The molecule has 0 aliphatic carbocycles. The van der Waals surface area contributed by atoms with Crippen molar-refractivity contribution < 1.29 is 18.7 Å². The number of fused-ring (bicyclic) bond motifs is 2. The summed E-state index contributed by atoms with van der Waals surface area (Å²) in [6.07, 6.45) is 0. The van der Waals surface area contributed by atoms with Crippen LogP contribution in [0.1, 0.15) is 15.9 Å². The first kappa shape index (κ1) is 18.0. The summed E-state index contributed by atoms with van der Waals surface area (Å²) in [4.78, 5) is 28.7. The summed E-state index contributed by atoms with van der Waals surface area (Å²) < 4.78 is 15.8. The molecule has 4 aromatic rings. The molecule has 0 atom stereocenters. The van der Waals surface area contributed by atoms with Crippen LogP contribution in [0.3, 0.4) is 0 Å². The fourth-order valence-electron chi connectivity index (χ4n) is 2.99. The minimum Gasteiger partial charge on any atom is -0.497 e. The second-order valence-corrected chi connectivity index (χ2v) is 6.43. The van der Waals surface area contributed by atoms with Crippen LogP contribution in [0.25, 0.3) is 21.9 Å². The van der Waals surface area contributed by atoms with E-state index in [0.717, 1.165) is 0 Å².